The first kappa shape index (κ1) is 35.9. The SMILES string of the molecule is CCCCCCCCCCCCCC(=O)OC[C@H](COP(=O)(O)OC1C(O)C(O)C(O)[C@@H](O)C1O)OC(C)=O. The van der Waals surface area contributed by atoms with Gasteiger partial charge in [-0.1, -0.05) is 71.1 Å². The minimum Gasteiger partial charge on any atom is -0.462 e. The molecule has 39 heavy (non-hydrogen) atoms. The van der Waals surface area contributed by atoms with Crippen LogP contribution in [-0.2, 0) is 32.7 Å². The third-order valence-corrected chi connectivity index (χ3v) is 7.48. The highest BCUT2D eigenvalue weighted by Gasteiger charge is 2.51. The third-order valence-electron chi connectivity index (χ3n) is 6.50. The van der Waals surface area contributed by atoms with Gasteiger partial charge in [0.25, 0.3) is 0 Å². The van der Waals surface area contributed by atoms with Crippen molar-refractivity contribution in [3.05, 3.63) is 0 Å². The van der Waals surface area contributed by atoms with Crippen LogP contribution in [0.5, 0.6) is 0 Å². The Bertz CT molecular complexity index is 735. The van der Waals surface area contributed by atoms with Gasteiger partial charge in [-0.25, -0.2) is 4.57 Å². The molecule has 1 aliphatic rings. The first-order valence-electron chi connectivity index (χ1n) is 13.8. The van der Waals surface area contributed by atoms with Crippen LogP contribution < -0.4 is 0 Å². The van der Waals surface area contributed by atoms with E-state index in [1.54, 1.807) is 0 Å². The number of unbranched alkanes of at least 4 members (excludes halogenated alkanes) is 10. The molecule has 0 amide bonds. The van der Waals surface area contributed by atoms with Crippen LogP contribution in [0.25, 0.3) is 0 Å². The van der Waals surface area contributed by atoms with Gasteiger partial charge in [0.05, 0.1) is 6.61 Å². The van der Waals surface area contributed by atoms with E-state index in [0.717, 1.165) is 26.2 Å². The number of phosphoric acid groups is 1. The van der Waals surface area contributed by atoms with E-state index in [1.807, 2.05) is 0 Å². The van der Waals surface area contributed by atoms with Gasteiger partial charge < -0.3 is 39.9 Å². The van der Waals surface area contributed by atoms with Gasteiger partial charge in [0.15, 0.2) is 6.10 Å². The predicted molar refractivity (Wildman–Crippen MR) is 138 cm³/mol. The van der Waals surface area contributed by atoms with E-state index in [-0.39, 0.29) is 6.42 Å². The Morgan fingerprint density at radius 1 is 0.744 bits per heavy atom. The molecule has 1 aliphatic carbocycles. The molecule has 6 N–H and O–H groups in total. The fraction of sp³-hybridized carbons (Fsp3) is 0.920. The zero-order chi connectivity index (χ0) is 29.4. The molecule has 0 saturated heterocycles. The highest BCUT2D eigenvalue weighted by molar-refractivity contribution is 7.47. The molecular formula is C25H47O13P. The van der Waals surface area contributed by atoms with Crippen molar-refractivity contribution in [3.8, 4) is 0 Å². The molecule has 0 spiro atoms. The number of aliphatic hydroxyl groups is 5. The van der Waals surface area contributed by atoms with E-state index in [4.69, 9.17) is 18.5 Å². The molecule has 8 atom stereocenters. The van der Waals surface area contributed by atoms with Crippen molar-refractivity contribution in [1.29, 1.82) is 0 Å². The Kier molecular flexibility index (Phi) is 17.5. The van der Waals surface area contributed by atoms with Gasteiger partial charge in [0.1, 0.15) is 43.2 Å². The molecule has 0 aromatic rings. The number of hydrogen-bond donors (Lipinski definition) is 6. The van der Waals surface area contributed by atoms with Gasteiger partial charge in [0.2, 0.25) is 0 Å². The van der Waals surface area contributed by atoms with Crippen molar-refractivity contribution < 1.29 is 63.1 Å². The Labute approximate surface area is 230 Å². The summed E-state index contributed by atoms with van der Waals surface area (Å²) in [5.74, 6) is -1.29. The second-order valence-electron chi connectivity index (χ2n) is 9.99. The first-order chi connectivity index (χ1) is 18.4. The van der Waals surface area contributed by atoms with Crippen molar-refractivity contribution in [2.75, 3.05) is 13.2 Å². The molecule has 0 aromatic carbocycles. The van der Waals surface area contributed by atoms with E-state index in [9.17, 15) is 44.6 Å². The maximum atomic E-state index is 12.3. The van der Waals surface area contributed by atoms with Gasteiger partial charge in [-0.2, -0.15) is 0 Å². The molecule has 1 rings (SSSR count). The molecule has 1 saturated carbocycles. The van der Waals surface area contributed by atoms with Crippen molar-refractivity contribution in [3.63, 3.8) is 0 Å². The summed E-state index contributed by atoms with van der Waals surface area (Å²) in [5.41, 5.74) is 0. The van der Waals surface area contributed by atoms with E-state index >= 15 is 0 Å². The van der Waals surface area contributed by atoms with Crippen LogP contribution in [0.3, 0.4) is 0 Å². The molecule has 0 radical (unpaired) electrons. The summed E-state index contributed by atoms with van der Waals surface area (Å²) in [5, 5.41) is 49.0. The zero-order valence-electron chi connectivity index (χ0n) is 22.9. The van der Waals surface area contributed by atoms with Crippen molar-refractivity contribution in [2.24, 2.45) is 0 Å². The number of aliphatic hydroxyl groups excluding tert-OH is 5. The van der Waals surface area contributed by atoms with Crippen molar-refractivity contribution >= 4 is 19.8 Å². The maximum Gasteiger partial charge on any atom is 0.472 e. The number of rotatable bonds is 20. The standard InChI is InChI=1S/C25H47O13P/c1-3-4-5-6-7-8-9-10-11-12-13-14-19(27)35-15-18(37-17(2)26)16-36-39(33,34)38-25-23(31)21(29)20(28)22(30)24(25)32/h18,20-25,28-32H,3-16H2,1-2H3,(H,33,34)/t18-,20?,21-,22?,23?,24?,25?/m1/s1. The number of phosphoric ester groups is 1. The van der Waals surface area contributed by atoms with Gasteiger partial charge in [0, 0.05) is 13.3 Å². The molecule has 14 heteroatoms. The van der Waals surface area contributed by atoms with E-state index in [0.29, 0.717) is 6.42 Å². The topological polar surface area (TPSA) is 210 Å². The highest BCUT2D eigenvalue weighted by atomic mass is 31.2. The normalized spacial score (nSPS) is 27.5. The van der Waals surface area contributed by atoms with E-state index < -0.39 is 75.7 Å². The lowest BCUT2D eigenvalue weighted by molar-refractivity contribution is -0.220. The second-order valence-corrected chi connectivity index (χ2v) is 11.4. The number of carbonyl (C=O) groups is 2. The Morgan fingerprint density at radius 3 is 1.69 bits per heavy atom. The Hall–Kier alpha value is -1.15. The van der Waals surface area contributed by atoms with Crippen LogP contribution in [0.2, 0.25) is 0 Å². The lowest BCUT2D eigenvalue weighted by Gasteiger charge is -2.41. The number of esters is 2. The van der Waals surface area contributed by atoms with Crippen LogP contribution in [0.1, 0.15) is 90.9 Å². The van der Waals surface area contributed by atoms with Crippen molar-refractivity contribution in [1.82, 2.24) is 0 Å². The van der Waals surface area contributed by atoms with Crippen LogP contribution in [0.15, 0.2) is 0 Å². The van der Waals surface area contributed by atoms with Crippen molar-refractivity contribution in [2.45, 2.75) is 134 Å². The molecule has 230 valence electrons. The van der Waals surface area contributed by atoms with Gasteiger partial charge in [-0.05, 0) is 6.42 Å². The van der Waals surface area contributed by atoms with Crippen LogP contribution in [0, 0.1) is 0 Å². The monoisotopic (exact) mass is 586 g/mol. The highest BCUT2D eigenvalue weighted by Crippen LogP contribution is 2.47. The molecule has 0 aromatic heterocycles. The first-order valence-corrected chi connectivity index (χ1v) is 15.3. The minimum absolute atomic E-state index is 0.167. The van der Waals surface area contributed by atoms with Gasteiger partial charge >= 0.3 is 19.8 Å². The average Bonchev–Trinajstić information content (AvgIpc) is 2.88. The summed E-state index contributed by atoms with van der Waals surface area (Å²) in [6.07, 6.45) is -0.526. The number of hydrogen-bond acceptors (Lipinski definition) is 12. The molecular weight excluding hydrogens is 539 g/mol. The molecule has 0 aliphatic heterocycles. The smallest absolute Gasteiger partial charge is 0.462 e. The number of carbonyl (C=O) groups excluding carboxylic acids is 2. The fourth-order valence-corrected chi connectivity index (χ4v) is 5.20. The predicted octanol–water partition coefficient (Wildman–Crippen LogP) is 1.48. The largest absolute Gasteiger partial charge is 0.472 e. The molecule has 13 nitrogen and oxygen atoms in total. The summed E-state index contributed by atoms with van der Waals surface area (Å²) in [6, 6.07) is 0. The van der Waals surface area contributed by atoms with E-state index in [2.05, 4.69) is 6.92 Å². The molecule has 0 heterocycles. The minimum atomic E-state index is -5.05. The Morgan fingerprint density at radius 2 is 1.21 bits per heavy atom. The van der Waals surface area contributed by atoms with E-state index in [1.165, 1.54) is 44.9 Å². The molecule has 0 bridgehead atoms. The van der Waals surface area contributed by atoms with Gasteiger partial charge in [-0.15, -0.1) is 0 Å². The maximum absolute atomic E-state index is 12.3. The molecule has 6 unspecified atom stereocenters. The summed E-state index contributed by atoms with van der Waals surface area (Å²) in [4.78, 5) is 33.4. The summed E-state index contributed by atoms with van der Waals surface area (Å²) < 4.78 is 31.9. The summed E-state index contributed by atoms with van der Waals surface area (Å²) in [7, 11) is -5.05. The number of ether oxygens (including phenoxy) is 2. The van der Waals surface area contributed by atoms with Crippen LogP contribution in [-0.4, -0.2) is 98.3 Å². The fourth-order valence-electron chi connectivity index (χ4n) is 4.23. The Balaban J connectivity index is 2.37. The van der Waals surface area contributed by atoms with Crippen LogP contribution in [0.4, 0.5) is 0 Å². The zero-order valence-corrected chi connectivity index (χ0v) is 23.8. The lowest BCUT2D eigenvalue weighted by Crippen LogP contribution is -2.64. The lowest BCUT2D eigenvalue weighted by atomic mass is 9.85. The molecule has 1 fully saturated rings. The summed E-state index contributed by atoms with van der Waals surface area (Å²) in [6.45, 7) is 2.08. The van der Waals surface area contributed by atoms with Gasteiger partial charge in [-0.3, -0.25) is 18.6 Å². The summed E-state index contributed by atoms with van der Waals surface area (Å²) >= 11 is 0. The third kappa shape index (κ3) is 14.3. The van der Waals surface area contributed by atoms with Crippen LogP contribution >= 0.6 is 7.82 Å². The second kappa shape index (κ2) is 19.1. The quantitative estimate of drug-likeness (QED) is 0.0679. The average molecular weight is 587 g/mol.